The fourth-order valence-electron chi connectivity index (χ4n) is 2.74. The zero-order valence-corrected chi connectivity index (χ0v) is 14.9. The third kappa shape index (κ3) is 3.79. The van der Waals surface area contributed by atoms with E-state index in [1.54, 1.807) is 24.3 Å². The van der Waals surface area contributed by atoms with Gasteiger partial charge in [0.25, 0.3) is 5.91 Å². The summed E-state index contributed by atoms with van der Waals surface area (Å²) < 4.78 is 16.1. The monoisotopic (exact) mass is 386 g/mol. The number of amides is 1. The number of pyridine rings is 1. The summed E-state index contributed by atoms with van der Waals surface area (Å²) in [7, 11) is 0. The van der Waals surface area contributed by atoms with Crippen LogP contribution in [0.2, 0.25) is 5.02 Å². The summed E-state index contributed by atoms with van der Waals surface area (Å²) in [6.45, 7) is 1.12. The zero-order chi connectivity index (χ0) is 18.8. The zero-order valence-electron chi connectivity index (χ0n) is 14.1. The Morgan fingerprint density at radius 3 is 2.93 bits per heavy atom. The minimum atomic E-state index is -0.637. The SMILES string of the molecule is O=C(Nc1cc2ccccc2oc1=O)c1cnc(OC2CCOC2)c(Cl)c1. The molecule has 4 rings (SSSR count). The number of carbonyl (C=O) groups excluding carboxylic acids is 1. The Morgan fingerprint density at radius 1 is 1.30 bits per heavy atom. The number of ether oxygens (including phenoxy) is 2. The molecular formula is C19H15ClN2O5. The summed E-state index contributed by atoms with van der Waals surface area (Å²) in [6, 6.07) is 10.0. The van der Waals surface area contributed by atoms with E-state index in [1.165, 1.54) is 12.3 Å². The summed E-state index contributed by atoms with van der Waals surface area (Å²) in [5.41, 5.74) is 0.0470. The summed E-state index contributed by atoms with van der Waals surface area (Å²) in [5.74, 6) is -0.281. The largest absolute Gasteiger partial charge is 0.471 e. The van der Waals surface area contributed by atoms with Crippen LogP contribution < -0.4 is 15.7 Å². The highest BCUT2D eigenvalue weighted by atomic mass is 35.5. The molecule has 0 bridgehead atoms. The minimum Gasteiger partial charge on any atom is -0.471 e. The third-order valence-electron chi connectivity index (χ3n) is 4.13. The highest BCUT2D eigenvalue weighted by molar-refractivity contribution is 6.32. The molecule has 0 aliphatic carbocycles. The van der Waals surface area contributed by atoms with E-state index in [-0.39, 0.29) is 28.3 Å². The van der Waals surface area contributed by atoms with Gasteiger partial charge in [-0.1, -0.05) is 29.8 Å². The van der Waals surface area contributed by atoms with Crippen molar-refractivity contribution in [3.8, 4) is 5.88 Å². The van der Waals surface area contributed by atoms with Crippen molar-refractivity contribution in [2.24, 2.45) is 0 Å². The fraction of sp³-hybridized carbons (Fsp3) is 0.211. The number of rotatable bonds is 4. The highest BCUT2D eigenvalue weighted by Gasteiger charge is 2.20. The van der Waals surface area contributed by atoms with Crippen molar-refractivity contribution >= 4 is 34.2 Å². The number of para-hydroxylation sites is 1. The molecule has 1 unspecified atom stereocenters. The van der Waals surface area contributed by atoms with Crippen molar-refractivity contribution in [1.82, 2.24) is 4.98 Å². The quantitative estimate of drug-likeness (QED) is 0.692. The van der Waals surface area contributed by atoms with Crippen molar-refractivity contribution in [2.75, 3.05) is 18.5 Å². The van der Waals surface area contributed by atoms with Crippen molar-refractivity contribution in [3.05, 3.63) is 63.6 Å². The normalized spacial score (nSPS) is 16.4. The maximum atomic E-state index is 12.5. The van der Waals surface area contributed by atoms with Gasteiger partial charge in [-0.25, -0.2) is 9.78 Å². The smallest absolute Gasteiger partial charge is 0.360 e. The average Bonchev–Trinajstić information content (AvgIpc) is 3.17. The Morgan fingerprint density at radius 2 is 2.15 bits per heavy atom. The van der Waals surface area contributed by atoms with Crippen LogP contribution in [0.15, 0.2) is 51.8 Å². The number of nitrogens with zero attached hydrogens (tertiary/aromatic N) is 1. The predicted octanol–water partition coefficient (Wildman–Crippen LogP) is 3.26. The molecule has 1 aliphatic rings. The first-order valence-corrected chi connectivity index (χ1v) is 8.72. The van der Waals surface area contributed by atoms with Crippen molar-refractivity contribution in [3.63, 3.8) is 0 Å². The summed E-state index contributed by atoms with van der Waals surface area (Å²) in [6.07, 6.45) is 2.00. The number of hydrogen-bond acceptors (Lipinski definition) is 6. The van der Waals surface area contributed by atoms with Gasteiger partial charge in [0.15, 0.2) is 0 Å². The fourth-order valence-corrected chi connectivity index (χ4v) is 2.95. The van der Waals surface area contributed by atoms with Gasteiger partial charge >= 0.3 is 5.63 Å². The minimum absolute atomic E-state index is 0.0400. The lowest BCUT2D eigenvalue weighted by atomic mass is 10.2. The molecule has 0 spiro atoms. The van der Waals surface area contributed by atoms with Gasteiger partial charge in [0.05, 0.1) is 18.8 Å². The number of halogens is 1. The van der Waals surface area contributed by atoms with E-state index in [1.807, 2.05) is 6.07 Å². The first-order chi connectivity index (χ1) is 13.1. The Kier molecular flexibility index (Phi) is 4.79. The van der Waals surface area contributed by atoms with Gasteiger partial charge in [-0.3, -0.25) is 4.79 Å². The van der Waals surface area contributed by atoms with Gasteiger partial charge in [-0.05, 0) is 18.2 Å². The number of carbonyl (C=O) groups is 1. The summed E-state index contributed by atoms with van der Waals surface area (Å²) in [4.78, 5) is 28.6. The van der Waals surface area contributed by atoms with Crippen molar-refractivity contribution in [1.29, 1.82) is 0 Å². The van der Waals surface area contributed by atoms with Crippen LogP contribution in [0.1, 0.15) is 16.8 Å². The Balaban J connectivity index is 1.53. The molecule has 8 heteroatoms. The first kappa shape index (κ1) is 17.5. The van der Waals surface area contributed by atoms with Crippen LogP contribution in [0.3, 0.4) is 0 Å². The molecule has 1 fully saturated rings. The topological polar surface area (TPSA) is 90.7 Å². The molecule has 0 saturated carbocycles. The Labute approximate surface area is 158 Å². The number of hydrogen-bond donors (Lipinski definition) is 1. The maximum Gasteiger partial charge on any atom is 0.360 e. The molecule has 27 heavy (non-hydrogen) atoms. The molecule has 2 aromatic heterocycles. The molecule has 1 aliphatic heterocycles. The van der Waals surface area contributed by atoms with Gasteiger partial charge < -0.3 is 19.2 Å². The molecule has 1 atom stereocenters. The van der Waals surface area contributed by atoms with Crippen molar-refractivity contribution in [2.45, 2.75) is 12.5 Å². The van der Waals surface area contributed by atoms with Crippen LogP contribution in [-0.4, -0.2) is 30.2 Å². The van der Waals surface area contributed by atoms with E-state index in [4.69, 9.17) is 25.5 Å². The molecule has 7 nitrogen and oxygen atoms in total. The standard InChI is InChI=1S/C19H15ClN2O5/c20-14-7-12(9-21-18(14)26-13-5-6-25-10-13)17(23)22-15-8-11-3-1-2-4-16(11)27-19(15)24/h1-4,7-9,13H,5-6,10H2,(H,22,23). The molecule has 1 saturated heterocycles. The van der Waals surface area contributed by atoms with Crippen LogP contribution in [0.5, 0.6) is 5.88 Å². The molecule has 1 aromatic carbocycles. The van der Waals surface area contributed by atoms with Crippen LogP contribution >= 0.6 is 11.6 Å². The molecule has 1 amide bonds. The molecular weight excluding hydrogens is 372 g/mol. The van der Waals surface area contributed by atoms with E-state index in [0.29, 0.717) is 24.2 Å². The Hall–Kier alpha value is -2.90. The van der Waals surface area contributed by atoms with Gasteiger partial charge in [-0.2, -0.15) is 0 Å². The van der Waals surface area contributed by atoms with E-state index < -0.39 is 11.5 Å². The number of nitrogens with one attached hydrogen (secondary N) is 1. The second kappa shape index (κ2) is 7.38. The second-order valence-corrected chi connectivity index (χ2v) is 6.46. The lowest BCUT2D eigenvalue weighted by molar-refractivity contribution is 0.102. The molecule has 3 aromatic rings. The molecule has 1 N–H and O–H groups in total. The lowest BCUT2D eigenvalue weighted by Gasteiger charge is -2.12. The average molecular weight is 387 g/mol. The maximum absolute atomic E-state index is 12.5. The van der Waals surface area contributed by atoms with Crippen LogP contribution in [-0.2, 0) is 4.74 Å². The van der Waals surface area contributed by atoms with E-state index in [2.05, 4.69) is 10.3 Å². The van der Waals surface area contributed by atoms with E-state index in [0.717, 1.165) is 6.42 Å². The van der Waals surface area contributed by atoms with Gasteiger partial charge in [0.2, 0.25) is 5.88 Å². The molecule has 0 radical (unpaired) electrons. The summed E-state index contributed by atoms with van der Waals surface area (Å²) >= 11 is 6.18. The van der Waals surface area contributed by atoms with Gasteiger partial charge in [0, 0.05) is 18.0 Å². The molecule has 3 heterocycles. The van der Waals surface area contributed by atoms with Gasteiger partial charge in [0.1, 0.15) is 22.4 Å². The number of fused-ring (bicyclic) bond motifs is 1. The lowest BCUT2D eigenvalue weighted by Crippen LogP contribution is -2.19. The predicted molar refractivity (Wildman–Crippen MR) is 99.5 cm³/mol. The first-order valence-electron chi connectivity index (χ1n) is 8.34. The number of benzene rings is 1. The highest BCUT2D eigenvalue weighted by Crippen LogP contribution is 2.25. The number of anilines is 1. The number of aromatic nitrogens is 1. The third-order valence-corrected chi connectivity index (χ3v) is 4.40. The second-order valence-electron chi connectivity index (χ2n) is 6.05. The summed E-state index contributed by atoms with van der Waals surface area (Å²) in [5, 5.41) is 3.44. The van der Waals surface area contributed by atoms with Gasteiger partial charge in [-0.15, -0.1) is 0 Å². The molecule has 138 valence electrons. The van der Waals surface area contributed by atoms with Crippen LogP contribution in [0, 0.1) is 0 Å². The Bertz CT molecular complexity index is 1060. The van der Waals surface area contributed by atoms with E-state index >= 15 is 0 Å². The van der Waals surface area contributed by atoms with Crippen molar-refractivity contribution < 1.29 is 18.7 Å². The van der Waals surface area contributed by atoms with Crippen LogP contribution in [0.4, 0.5) is 5.69 Å². The van der Waals surface area contributed by atoms with Crippen LogP contribution in [0.25, 0.3) is 11.0 Å². The van der Waals surface area contributed by atoms with E-state index in [9.17, 15) is 9.59 Å².